The molecule has 0 aromatic carbocycles. The van der Waals surface area contributed by atoms with Crippen molar-refractivity contribution in [1.82, 2.24) is 4.90 Å². The molecule has 1 aliphatic heterocycles. The third-order valence-corrected chi connectivity index (χ3v) is 3.77. The highest BCUT2D eigenvalue weighted by Gasteiger charge is 2.22. The molecule has 2 N–H and O–H groups in total. The molecule has 1 fully saturated rings. The summed E-state index contributed by atoms with van der Waals surface area (Å²) in [7, 11) is 0. The van der Waals surface area contributed by atoms with Crippen LogP contribution in [0.5, 0.6) is 0 Å². The van der Waals surface area contributed by atoms with Gasteiger partial charge in [0.25, 0.3) is 0 Å². The highest BCUT2D eigenvalue weighted by atomic mass is 32.1. The fourth-order valence-corrected chi connectivity index (χ4v) is 2.69. The van der Waals surface area contributed by atoms with Crippen LogP contribution >= 0.6 is 11.3 Å². The molecule has 0 spiro atoms. The first-order valence-electron chi connectivity index (χ1n) is 5.24. The van der Waals surface area contributed by atoms with Crippen LogP contribution in [0.2, 0.25) is 0 Å². The van der Waals surface area contributed by atoms with Gasteiger partial charge in [-0.25, -0.2) is 0 Å². The van der Waals surface area contributed by atoms with Crippen LogP contribution in [0.1, 0.15) is 18.9 Å². The first-order chi connectivity index (χ1) is 6.75. The third-order valence-electron chi connectivity index (χ3n) is 3.04. The summed E-state index contributed by atoms with van der Waals surface area (Å²) in [6, 6.07) is 2.62. The van der Waals surface area contributed by atoms with Crippen LogP contribution in [0.4, 0.5) is 0 Å². The summed E-state index contributed by atoms with van der Waals surface area (Å²) in [5, 5.41) is 4.38. The fourth-order valence-electron chi connectivity index (χ4n) is 2.03. The van der Waals surface area contributed by atoms with E-state index >= 15 is 0 Å². The van der Waals surface area contributed by atoms with E-state index in [0.29, 0.717) is 12.0 Å². The summed E-state index contributed by atoms with van der Waals surface area (Å²) in [6.45, 7) is 5.66. The van der Waals surface area contributed by atoms with E-state index in [2.05, 4.69) is 28.7 Å². The molecule has 0 amide bonds. The second kappa shape index (κ2) is 4.43. The Labute approximate surface area is 89.7 Å². The minimum absolute atomic E-state index is 0.411. The highest BCUT2D eigenvalue weighted by Crippen LogP contribution is 2.18. The second-order valence-corrected chi connectivity index (χ2v) is 5.08. The van der Waals surface area contributed by atoms with E-state index in [1.165, 1.54) is 5.56 Å². The van der Waals surface area contributed by atoms with Crippen molar-refractivity contribution in [3.8, 4) is 0 Å². The minimum atomic E-state index is 0.411. The summed E-state index contributed by atoms with van der Waals surface area (Å²) in [5.41, 5.74) is 7.43. The lowest BCUT2D eigenvalue weighted by Crippen LogP contribution is -2.45. The van der Waals surface area contributed by atoms with E-state index in [-0.39, 0.29) is 0 Å². The molecule has 0 saturated carbocycles. The Balaban J connectivity index is 1.88. The molecular weight excluding hydrogens is 192 g/mol. The van der Waals surface area contributed by atoms with Crippen molar-refractivity contribution in [3.63, 3.8) is 0 Å². The number of nitrogens with two attached hydrogens (primary N) is 1. The number of rotatable bonds is 2. The van der Waals surface area contributed by atoms with Gasteiger partial charge in [-0.05, 0) is 41.3 Å². The molecular formula is C11H18N2S. The Morgan fingerprint density at radius 1 is 1.64 bits per heavy atom. The lowest BCUT2D eigenvalue weighted by molar-refractivity contribution is 0.158. The summed E-state index contributed by atoms with van der Waals surface area (Å²) < 4.78 is 0. The van der Waals surface area contributed by atoms with Gasteiger partial charge in [0.2, 0.25) is 0 Å². The van der Waals surface area contributed by atoms with Crippen molar-refractivity contribution in [1.29, 1.82) is 0 Å². The number of likely N-dealkylation sites (tertiary alicyclic amines) is 1. The Morgan fingerprint density at radius 3 is 3.14 bits per heavy atom. The van der Waals surface area contributed by atoms with Crippen LogP contribution in [0.3, 0.4) is 0 Å². The van der Waals surface area contributed by atoms with Gasteiger partial charge in [-0.15, -0.1) is 0 Å². The zero-order chi connectivity index (χ0) is 9.97. The van der Waals surface area contributed by atoms with Crippen LogP contribution in [0.15, 0.2) is 16.8 Å². The molecule has 2 unspecified atom stereocenters. The van der Waals surface area contributed by atoms with Gasteiger partial charge in [0.15, 0.2) is 0 Å². The van der Waals surface area contributed by atoms with Gasteiger partial charge in [0, 0.05) is 19.1 Å². The average Bonchev–Trinajstić information content (AvgIpc) is 2.64. The van der Waals surface area contributed by atoms with Gasteiger partial charge in [0.1, 0.15) is 0 Å². The topological polar surface area (TPSA) is 29.3 Å². The number of hydrogen-bond donors (Lipinski definition) is 1. The molecule has 1 aromatic rings. The van der Waals surface area contributed by atoms with E-state index in [0.717, 1.165) is 26.1 Å². The number of nitrogens with zero attached hydrogens (tertiary/aromatic N) is 1. The van der Waals surface area contributed by atoms with E-state index in [1.807, 2.05) is 0 Å². The first-order valence-corrected chi connectivity index (χ1v) is 6.19. The molecule has 2 heterocycles. The molecule has 78 valence electrons. The van der Waals surface area contributed by atoms with Crippen molar-refractivity contribution in [2.75, 3.05) is 13.1 Å². The molecule has 2 atom stereocenters. The van der Waals surface area contributed by atoms with Gasteiger partial charge < -0.3 is 5.73 Å². The normalized spacial score (nSPS) is 29.3. The Hall–Kier alpha value is -0.380. The maximum absolute atomic E-state index is 5.99. The average molecular weight is 210 g/mol. The van der Waals surface area contributed by atoms with Crippen LogP contribution < -0.4 is 5.73 Å². The Kier molecular flexibility index (Phi) is 3.21. The molecule has 0 bridgehead atoms. The van der Waals surface area contributed by atoms with Crippen molar-refractivity contribution in [3.05, 3.63) is 22.4 Å². The van der Waals surface area contributed by atoms with Gasteiger partial charge in [-0.2, -0.15) is 11.3 Å². The lowest BCUT2D eigenvalue weighted by atomic mass is 9.95. The van der Waals surface area contributed by atoms with Crippen LogP contribution in [0, 0.1) is 5.92 Å². The van der Waals surface area contributed by atoms with Crippen molar-refractivity contribution >= 4 is 11.3 Å². The van der Waals surface area contributed by atoms with E-state index < -0.39 is 0 Å². The van der Waals surface area contributed by atoms with E-state index in [4.69, 9.17) is 5.73 Å². The maximum Gasteiger partial charge on any atom is 0.0242 e. The van der Waals surface area contributed by atoms with Gasteiger partial charge in [-0.1, -0.05) is 6.92 Å². The second-order valence-electron chi connectivity index (χ2n) is 4.30. The van der Waals surface area contributed by atoms with Gasteiger partial charge >= 0.3 is 0 Å². The molecule has 2 nitrogen and oxygen atoms in total. The number of piperidine rings is 1. The van der Waals surface area contributed by atoms with E-state index in [1.54, 1.807) is 11.3 Å². The molecule has 0 aliphatic carbocycles. The predicted molar refractivity (Wildman–Crippen MR) is 61.4 cm³/mol. The molecule has 14 heavy (non-hydrogen) atoms. The monoisotopic (exact) mass is 210 g/mol. The molecule has 0 radical (unpaired) electrons. The van der Waals surface area contributed by atoms with Crippen LogP contribution in [-0.2, 0) is 6.54 Å². The number of thiophene rings is 1. The van der Waals surface area contributed by atoms with E-state index in [9.17, 15) is 0 Å². The number of hydrogen-bond acceptors (Lipinski definition) is 3. The first kappa shape index (κ1) is 10.1. The molecule has 3 heteroatoms. The standard InChI is InChI=1S/C11H18N2S/c1-9-6-13(4-2-11(9)12)7-10-3-5-14-8-10/h3,5,8-9,11H,2,4,6-7,12H2,1H3. The molecule has 1 aliphatic rings. The molecule has 2 rings (SSSR count). The summed E-state index contributed by atoms with van der Waals surface area (Å²) in [6.07, 6.45) is 1.14. The minimum Gasteiger partial charge on any atom is -0.327 e. The van der Waals surface area contributed by atoms with Crippen molar-refractivity contribution < 1.29 is 0 Å². The van der Waals surface area contributed by atoms with Crippen molar-refractivity contribution in [2.45, 2.75) is 25.9 Å². The summed E-state index contributed by atoms with van der Waals surface area (Å²) >= 11 is 1.78. The predicted octanol–water partition coefficient (Wildman–Crippen LogP) is 1.92. The lowest BCUT2D eigenvalue weighted by Gasteiger charge is -2.34. The molecule has 1 saturated heterocycles. The summed E-state index contributed by atoms with van der Waals surface area (Å²) in [4.78, 5) is 2.51. The van der Waals surface area contributed by atoms with Crippen LogP contribution in [-0.4, -0.2) is 24.0 Å². The molecule has 1 aromatic heterocycles. The smallest absolute Gasteiger partial charge is 0.0242 e. The van der Waals surface area contributed by atoms with Crippen LogP contribution in [0.25, 0.3) is 0 Å². The van der Waals surface area contributed by atoms with Crippen molar-refractivity contribution in [2.24, 2.45) is 11.7 Å². The Bertz CT molecular complexity index is 271. The maximum atomic E-state index is 5.99. The largest absolute Gasteiger partial charge is 0.327 e. The van der Waals surface area contributed by atoms with Gasteiger partial charge in [0.05, 0.1) is 0 Å². The Morgan fingerprint density at radius 2 is 2.50 bits per heavy atom. The van der Waals surface area contributed by atoms with Gasteiger partial charge in [-0.3, -0.25) is 4.90 Å². The summed E-state index contributed by atoms with van der Waals surface area (Å²) in [5.74, 6) is 0.641. The zero-order valence-corrected chi connectivity index (χ0v) is 9.46. The quantitative estimate of drug-likeness (QED) is 0.808. The fraction of sp³-hybridized carbons (Fsp3) is 0.636. The highest BCUT2D eigenvalue weighted by molar-refractivity contribution is 7.07. The SMILES string of the molecule is CC1CN(Cc2ccsc2)CCC1N. The zero-order valence-electron chi connectivity index (χ0n) is 8.65. The third kappa shape index (κ3) is 2.35.